The summed E-state index contributed by atoms with van der Waals surface area (Å²) in [5.74, 6) is 1.96. The van der Waals surface area contributed by atoms with E-state index in [4.69, 9.17) is 4.42 Å². The Labute approximate surface area is 113 Å². The van der Waals surface area contributed by atoms with Crippen LogP contribution in [-0.4, -0.2) is 40.8 Å². The minimum atomic E-state index is 0.0225. The van der Waals surface area contributed by atoms with Gasteiger partial charge in [0.05, 0.1) is 0 Å². The van der Waals surface area contributed by atoms with E-state index in [1.54, 1.807) is 0 Å². The molecule has 0 bridgehead atoms. The highest BCUT2D eigenvalue weighted by Crippen LogP contribution is 2.28. The Morgan fingerprint density at radius 1 is 1.42 bits per heavy atom. The van der Waals surface area contributed by atoms with Gasteiger partial charge in [-0.3, -0.25) is 0 Å². The van der Waals surface area contributed by atoms with Gasteiger partial charge in [-0.1, -0.05) is 13.8 Å². The van der Waals surface area contributed by atoms with Crippen LogP contribution in [0, 0.1) is 0 Å². The Hall–Kier alpha value is -1.59. The second-order valence-electron chi connectivity index (χ2n) is 5.23. The fraction of sp³-hybridized carbons (Fsp3) is 0.769. The summed E-state index contributed by atoms with van der Waals surface area (Å²) in [6, 6.07) is 0.0225. The molecule has 19 heavy (non-hydrogen) atoms. The molecule has 6 heteroatoms. The van der Waals surface area contributed by atoms with Crippen LogP contribution < -0.4 is 5.32 Å². The van der Waals surface area contributed by atoms with Gasteiger partial charge >= 0.3 is 6.03 Å². The topological polar surface area (TPSA) is 71.3 Å². The smallest absolute Gasteiger partial charge is 0.317 e. The number of hydrogen-bond acceptors (Lipinski definition) is 4. The Kier molecular flexibility index (Phi) is 4.39. The molecule has 2 rings (SSSR count). The highest BCUT2D eigenvalue weighted by atomic mass is 16.4. The first-order valence-electron chi connectivity index (χ1n) is 6.97. The summed E-state index contributed by atoms with van der Waals surface area (Å²) in [5.41, 5.74) is 0. The van der Waals surface area contributed by atoms with Crippen molar-refractivity contribution in [3.05, 3.63) is 11.8 Å². The van der Waals surface area contributed by atoms with Crippen molar-refractivity contribution in [1.29, 1.82) is 0 Å². The van der Waals surface area contributed by atoms with Gasteiger partial charge in [-0.05, 0) is 19.8 Å². The molecule has 1 saturated heterocycles. The van der Waals surface area contributed by atoms with Crippen molar-refractivity contribution < 1.29 is 9.21 Å². The molecule has 0 unspecified atom stereocenters. The third-order valence-electron chi connectivity index (χ3n) is 3.41. The lowest BCUT2D eigenvalue weighted by atomic mass is 9.97. The minimum absolute atomic E-state index is 0.0225. The van der Waals surface area contributed by atoms with Crippen LogP contribution in [0.5, 0.6) is 0 Å². The fourth-order valence-corrected chi connectivity index (χ4v) is 2.24. The molecule has 1 aliphatic rings. The van der Waals surface area contributed by atoms with Crippen LogP contribution in [0.25, 0.3) is 0 Å². The molecule has 0 spiro atoms. The molecular weight excluding hydrogens is 244 g/mol. The van der Waals surface area contributed by atoms with Crippen LogP contribution >= 0.6 is 0 Å². The van der Waals surface area contributed by atoms with Crippen molar-refractivity contribution in [3.8, 4) is 0 Å². The number of aromatic nitrogens is 2. The Morgan fingerprint density at radius 2 is 2.11 bits per heavy atom. The molecule has 0 aromatic carbocycles. The van der Waals surface area contributed by atoms with E-state index in [0.29, 0.717) is 12.4 Å². The Balaban J connectivity index is 1.90. The van der Waals surface area contributed by atoms with E-state index in [1.807, 2.05) is 25.7 Å². The zero-order chi connectivity index (χ0) is 13.8. The maximum Gasteiger partial charge on any atom is 0.317 e. The average Bonchev–Trinajstić information content (AvgIpc) is 2.89. The zero-order valence-electron chi connectivity index (χ0n) is 11.8. The number of nitrogens with zero attached hydrogens (tertiary/aromatic N) is 3. The highest BCUT2D eigenvalue weighted by Gasteiger charge is 2.27. The number of carbonyl (C=O) groups excluding carboxylic acids is 1. The van der Waals surface area contributed by atoms with E-state index >= 15 is 0 Å². The van der Waals surface area contributed by atoms with Crippen molar-refractivity contribution in [2.24, 2.45) is 0 Å². The van der Waals surface area contributed by atoms with Gasteiger partial charge in [0.2, 0.25) is 11.8 Å². The van der Waals surface area contributed by atoms with Gasteiger partial charge in [0, 0.05) is 31.5 Å². The first-order valence-corrected chi connectivity index (χ1v) is 6.97. The quantitative estimate of drug-likeness (QED) is 0.909. The standard InChI is InChI=1S/C13H22N4O2/c1-4-14-13(18)17-7-5-10(6-8-17)12-16-15-11(19-12)9(2)3/h9-10H,4-8H2,1-3H3,(H,14,18). The lowest BCUT2D eigenvalue weighted by molar-refractivity contribution is 0.177. The van der Waals surface area contributed by atoms with Crippen molar-refractivity contribution in [2.75, 3.05) is 19.6 Å². The Morgan fingerprint density at radius 3 is 2.63 bits per heavy atom. The summed E-state index contributed by atoms with van der Waals surface area (Å²) in [6.45, 7) is 8.16. The van der Waals surface area contributed by atoms with Crippen LogP contribution in [-0.2, 0) is 0 Å². The number of piperidine rings is 1. The number of nitrogens with one attached hydrogen (secondary N) is 1. The fourth-order valence-electron chi connectivity index (χ4n) is 2.24. The van der Waals surface area contributed by atoms with Gasteiger partial charge in [-0.15, -0.1) is 10.2 Å². The predicted octanol–water partition coefficient (Wildman–Crippen LogP) is 2.10. The molecule has 0 saturated carbocycles. The van der Waals surface area contributed by atoms with Crippen LogP contribution in [0.2, 0.25) is 0 Å². The second-order valence-corrected chi connectivity index (χ2v) is 5.23. The summed E-state index contributed by atoms with van der Waals surface area (Å²) < 4.78 is 5.69. The molecule has 2 heterocycles. The largest absolute Gasteiger partial charge is 0.425 e. The van der Waals surface area contributed by atoms with Crippen LogP contribution in [0.15, 0.2) is 4.42 Å². The molecule has 2 amide bonds. The highest BCUT2D eigenvalue weighted by molar-refractivity contribution is 5.74. The van der Waals surface area contributed by atoms with E-state index in [1.165, 1.54) is 0 Å². The maximum atomic E-state index is 11.7. The van der Waals surface area contributed by atoms with Gasteiger partial charge in [0.1, 0.15) is 0 Å². The molecule has 106 valence electrons. The minimum Gasteiger partial charge on any atom is -0.425 e. The molecule has 1 aliphatic heterocycles. The molecule has 1 aromatic rings. The molecule has 0 atom stereocenters. The third-order valence-corrected chi connectivity index (χ3v) is 3.41. The normalized spacial score (nSPS) is 16.9. The zero-order valence-corrected chi connectivity index (χ0v) is 11.8. The lowest BCUT2D eigenvalue weighted by Crippen LogP contribution is -2.44. The van der Waals surface area contributed by atoms with Gasteiger partial charge in [-0.2, -0.15) is 0 Å². The summed E-state index contributed by atoms with van der Waals surface area (Å²) in [6.07, 6.45) is 1.77. The van der Waals surface area contributed by atoms with Crippen LogP contribution in [0.1, 0.15) is 57.2 Å². The van der Waals surface area contributed by atoms with E-state index in [2.05, 4.69) is 15.5 Å². The summed E-state index contributed by atoms with van der Waals surface area (Å²) in [7, 11) is 0. The van der Waals surface area contributed by atoms with Gasteiger partial charge in [0.15, 0.2) is 0 Å². The summed E-state index contributed by atoms with van der Waals surface area (Å²) in [5, 5.41) is 11.0. The number of carbonyl (C=O) groups is 1. The number of hydrogen-bond donors (Lipinski definition) is 1. The maximum absolute atomic E-state index is 11.7. The number of rotatable bonds is 3. The second kappa shape index (κ2) is 6.04. The number of urea groups is 1. The van der Waals surface area contributed by atoms with E-state index in [-0.39, 0.29) is 17.9 Å². The van der Waals surface area contributed by atoms with Crippen molar-refractivity contribution >= 4 is 6.03 Å². The molecule has 1 fully saturated rings. The van der Waals surface area contributed by atoms with Crippen molar-refractivity contribution in [3.63, 3.8) is 0 Å². The monoisotopic (exact) mass is 266 g/mol. The first kappa shape index (κ1) is 13.8. The molecule has 0 aliphatic carbocycles. The van der Waals surface area contributed by atoms with E-state index < -0.39 is 0 Å². The number of amides is 2. The molecule has 0 radical (unpaired) electrons. The molecule has 1 aromatic heterocycles. The summed E-state index contributed by atoms with van der Waals surface area (Å²) >= 11 is 0. The predicted molar refractivity (Wildman–Crippen MR) is 71.0 cm³/mol. The lowest BCUT2D eigenvalue weighted by Gasteiger charge is -2.30. The van der Waals surface area contributed by atoms with Crippen molar-refractivity contribution in [2.45, 2.75) is 45.4 Å². The van der Waals surface area contributed by atoms with Crippen LogP contribution in [0.3, 0.4) is 0 Å². The molecule has 1 N–H and O–H groups in total. The molecule has 6 nitrogen and oxygen atoms in total. The molecular formula is C13H22N4O2. The summed E-state index contributed by atoms with van der Waals surface area (Å²) in [4.78, 5) is 13.5. The van der Waals surface area contributed by atoms with Gasteiger partial charge < -0.3 is 14.6 Å². The van der Waals surface area contributed by atoms with Gasteiger partial charge in [-0.25, -0.2) is 4.79 Å². The SMILES string of the molecule is CCNC(=O)N1CCC(c2nnc(C(C)C)o2)CC1. The third kappa shape index (κ3) is 3.24. The van der Waals surface area contributed by atoms with Crippen molar-refractivity contribution in [1.82, 2.24) is 20.4 Å². The van der Waals surface area contributed by atoms with E-state index in [9.17, 15) is 4.79 Å². The Bertz CT molecular complexity index is 422. The van der Waals surface area contributed by atoms with Crippen LogP contribution in [0.4, 0.5) is 4.79 Å². The number of likely N-dealkylation sites (tertiary alicyclic amines) is 1. The van der Waals surface area contributed by atoms with E-state index in [0.717, 1.165) is 31.8 Å². The van der Waals surface area contributed by atoms with Gasteiger partial charge in [0.25, 0.3) is 0 Å². The first-order chi connectivity index (χ1) is 9.11. The average molecular weight is 266 g/mol.